The summed E-state index contributed by atoms with van der Waals surface area (Å²) in [7, 11) is 0. The average molecular weight is 209 g/mol. The molecule has 1 aromatic rings. The van der Waals surface area contributed by atoms with E-state index < -0.39 is 0 Å². The Bertz CT molecular complexity index is 278. The highest BCUT2D eigenvalue weighted by atomic mass is 16.3. The Kier molecular flexibility index (Phi) is 5.70. The second kappa shape index (κ2) is 7.17. The van der Waals surface area contributed by atoms with Crippen molar-refractivity contribution in [3.8, 4) is 0 Å². The highest BCUT2D eigenvalue weighted by Gasteiger charge is 1.98. The van der Waals surface area contributed by atoms with Crippen LogP contribution in [0.5, 0.6) is 0 Å². The van der Waals surface area contributed by atoms with Gasteiger partial charge in [-0.15, -0.1) is 0 Å². The van der Waals surface area contributed by atoms with Crippen molar-refractivity contribution in [1.29, 1.82) is 0 Å². The van der Waals surface area contributed by atoms with E-state index in [4.69, 9.17) is 5.11 Å². The van der Waals surface area contributed by atoms with Gasteiger partial charge >= 0.3 is 0 Å². The molecular weight excluding hydrogens is 190 g/mol. The number of aliphatic hydroxyl groups is 1. The van der Waals surface area contributed by atoms with E-state index in [9.17, 15) is 0 Å². The van der Waals surface area contributed by atoms with E-state index in [1.165, 1.54) is 19.3 Å². The standard InChI is InChI=1S/C11H19N3O/c1-2-3-4-5-10-6-7-12-11(14-10)13-8-9-15/h6-7,15H,2-5,8-9H2,1H3,(H,12,13,14). The predicted octanol–water partition coefficient (Wildman–Crippen LogP) is 1.61. The van der Waals surface area contributed by atoms with E-state index in [-0.39, 0.29) is 6.61 Å². The molecule has 1 rings (SSSR count). The fourth-order valence-electron chi connectivity index (χ4n) is 1.34. The number of unbranched alkanes of at least 4 members (excludes halogenated alkanes) is 2. The van der Waals surface area contributed by atoms with Gasteiger partial charge in [0, 0.05) is 18.4 Å². The number of aryl methyl sites for hydroxylation is 1. The maximum absolute atomic E-state index is 8.65. The van der Waals surface area contributed by atoms with Crippen molar-refractivity contribution in [3.05, 3.63) is 18.0 Å². The van der Waals surface area contributed by atoms with Gasteiger partial charge in [-0.05, 0) is 18.9 Å². The van der Waals surface area contributed by atoms with Crippen LogP contribution in [0.1, 0.15) is 31.9 Å². The second-order valence-corrected chi connectivity index (χ2v) is 3.48. The third-order valence-corrected chi connectivity index (χ3v) is 2.14. The van der Waals surface area contributed by atoms with Gasteiger partial charge in [-0.2, -0.15) is 0 Å². The molecule has 0 unspecified atom stereocenters. The number of anilines is 1. The summed E-state index contributed by atoms with van der Waals surface area (Å²) in [5.74, 6) is 0.609. The zero-order valence-electron chi connectivity index (χ0n) is 9.24. The molecule has 4 nitrogen and oxygen atoms in total. The Morgan fingerprint density at radius 2 is 2.27 bits per heavy atom. The van der Waals surface area contributed by atoms with Crippen molar-refractivity contribution >= 4 is 5.95 Å². The molecule has 0 spiro atoms. The van der Waals surface area contributed by atoms with Crippen LogP contribution < -0.4 is 5.32 Å². The van der Waals surface area contributed by atoms with Crippen LogP contribution in [0.4, 0.5) is 5.95 Å². The monoisotopic (exact) mass is 209 g/mol. The maximum atomic E-state index is 8.65. The largest absolute Gasteiger partial charge is 0.395 e. The lowest BCUT2D eigenvalue weighted by Gasteiger charge is -2.04. The summed E-state index contributed by atoms with van der Waals surface area (Å²) in [5, 5.41) is 11.6. The molecule has 0 radical (unpaired) electrons. The van der Waals surface area contributed by atoms with E-state index in [2.05, 4.69) is 22.2 Å². The summed E-state index contributed by atoms with van der Waals surface area (Å²) in [6, 6.07) is 1.94. The molecule has 15 heavy (non-hydrogen) atoms. The van der Waals surface area contributed by atoms with Crippen molar-refractivity contribution in [2.45, 2.75) is 32.6 Å². The molecule has 0 aliphatic rings. The number of aliphatic hydroxyl groups excluding tert-OH is 1. The minimum atomic E-state index is 0.101. The number of aromatic nitrogens is 2. The second-order valence-electron chi connectivity index (χ2n) is 3.48. The van der Waals surface area contributed by atoms with Gasteiger partial charge in [0.1, 0.15) is 0 Å². The smallest absolute Gasteiger partial charge is 0.222 e. The van der Waals surface area contributed by atoms with Gasteiger partial charge < -0.3 is 10.4 Å². The Balaban J connectivity index is 2.42. The lowest BCUT2D eigenvalue weighted by atomic mass is 10.1. The summed E-state index contributed by atoms with van der Waals surface area (Å²) in [6.45, 7) is 2.79. The van der Waals surface area contributed by atoms with Crippen molar-refractivity contribution < 1.29 is 5.11 Å². The molecule has 0 aromatic carbocycles. The van der Waals surface area contributed by atoms with Crippen molar-refractivity contribution in [3.63, 3.8) is 0 Å². The van der Waals surface area contributed by atoms with E-state index in [0.29, 0.717) is 12.5 Å². The average Bonchev–Trinajstić information content (AvgIpc) is 2.27. The Labute approximate surface area is 90.8 Å². The van der Waals surface area contributed by atoms with Gasteiger partial charge in [-0.25, -0.2) is 9.97 Å². The quantitative estimate of drug-likeness (QED) is 0.670. The fraction of sp³-hybridized carbons (Fsp3) is 0.636. The van der Waals surface area contributed by atoms with Crippen molar-refractivity contribution in [1.82, 2.24) is 9.97 Å². The van der Waals surface area contributed by atoms with Crippen LogP contribution >= 0.6 is 0 Å². The first-order chi connectivity index (χ1) is 7.36. The van der Waals surface area contributed by atoms with E-state index in [0.717, 1.165) is 12.1 Å². The van der Waals surface area contributed by atoms with Crippen molar-refractivity contribution in [2.24, 2.45) is 0 Å². The lowest BCUT2D eigenvalue weighted by molar-refractivity contribution is 0.311. The predicted molar refractivity (Wildman–Crippen MR) is 60.8 cm³/mol. The van der Waals surface area contributed by atoms with Crippen LogP contribution in [-0.4, -0.2) is 28.2 Å². The molecule has 84 valence electrons. The topological polar surface area (TPSA) is 58.0 Å². The van der Waals surface area contributed by atoms with Crippen LogP contribution in [0.2, 0.25) is 0 Å². The normalized spacial score (nSPS) is 10.3. The first kappa shape index (κ1) is 11.9. The Morgan fingerprint density at radius 1 is 1.40 bits per heavy atom. The highest BCUT2D eigenvalue weighted by Crippen LogP contribution is 2.05. The third kappa shape index (κ3) is 4.74. The molecule has 2 N–H and O–H groups in total. The molecule has 0 amide bonds. The summed E-state index contributed by atoms with van der Waals surface area (Å²) in [6.07, 6.45) is 6.40. The van der Waals surface area contributed by atoms with Gasteiger partial charge in [-0.1, -0.05) is 19.8 Å². The number of hydrogen-bond acceptors (Lipinski definition) is 4. The fourth-order valence-corrected chi connectivity index (χ4v) is 1.34. The maximum Gasteiger partial charge on any atom is 0.222 e. The summed E-state index contributed by atoms with van der Waals surface area (Å²) in [5.41, 5.74) is 1.07. The number of rotatable bonds is 7. The highest BCUT2D eigenvalue weighted by molar-refractivity contribution is 5.24. The SMILES string of the molecule is CCCCCc1ccnc(NCCO)n1. The first-order valence-electron chi connectivity index (χ1n) is 5.53. The van der Waals surface area contributed by atoms with Gasteiger partial charge in [-0.3, -0.25) is 0 Å². The summed E-state index contributed by atoms with van der Waals surface area (Å²) < 4.78 is 0. The summed E-state index contributed by atoms with van der Waals surface area (Å²) >= 11 is 0. The number of nitrogens with one attached hydrogen (secondary N) is 1. The zero-order chi connectivity index (χ0) is 10.9. The van der Waals surface area contributed by atoms with E-state index >= 15 is 0 Å². The number of nitrogens with zero attached hydrogens (tertiary/aromatic N) is 2. The summed E-state index contributed by atoms with van der Waals surface area (Å²) in [4.78, 5) is 8.42. The Morgan fingerprint density at radius 3 is 3.00 bits per heavy atom. The van der Waals surface area contributed by atoms with Gasteiger partial charge in [0.2, 0.25) is 5.95 Å². The molecule has 0 aliphatic heterocycles. The first-order valence-corrected chi connectivity index (χ1v) is 5.53. The lowest BCUT2D eigenvalue weighted by Crippen LogP contribution is -2.09. The molecular formula is C11H19N3O. The molecule has 0 aliphatic carbocycles. The zero-order valence-corrected chi connectivity index (χ0v) is 9.24. The molecule has 1 heterocycles. The molecule has 0 fully saturated rings. The molecule has 0 saturated heterocycles. The van der Waals surface area contributed by atoms with Crippen LogP contribution in [-0.2, 0) is 6.42 Å². The molecule has 4 heteroatoms. The van der Waals surface area contributed by atoms with Crippen LogP contribution in [0.25, 0.3) is 0 Å². The van der Waals surface area contributed by atoms with Gasteiger partial charge in [0.25, 0.3) is 0 Å². The van der Waals surface area contributed by atoms with Gasteiger partial charge in [0.15, 0.2) is 0 Å². The van der Waals surface area contributed by atoms with Crippen LogP contribution in [0.3, 0.4) is 0 Å². The minimum Gasteiger partial charge on any atom is -0.395 e. The molecule has 0 bridgehead atoms. The van der Waals surface area contributed by atoms with Crippen LogP contribution in [0.15, 0.2) is 12.3 Å². The Hall–Kier alpha value is -1.16. The van der Waals surface area contributed by atoms with E-state index in [1.54, 1.807) is 6.20 Å². The van der Waals surface area contributed by atoms with E-state index in [1.807, 2.05) is 6.07 Å². The minimum absolute atomic E-state index is 0.101. The molecule has 0 atom stereocenters. The van der Waals surface area contributed by atoms with Gasteiger partial charge in [0.05, 0.1) is 6.61 Å². The van der Waals surface area contributed by atoms with Crippen LogP contribution in [0, 0.1) is 0 Å². The number of hydrogen-bond donors (Lipinski definition) is 2. The van der Waals surface area contributed by atoms with Crippen molar-refractivity contribution in [2.75, 3.05) is 18.5 Å². The molecule has 0 saturated carbocycles. The molecule has 1 aromatic heterocycles. The third-order valence-electron chi connectivity index (χ3n) is 2.14.